The van der Waals surface area contributed by atoms with Crippen LogP contribution in [0.4, 0.5) is 0 Å². The molecule has 0 bridgehead atoms. The number of ether oxygens (including phenoxy) is 1. The molecular formula is C16H17NO5. The Labute approximate surface area is 127 Å². The first-order chi connectivity index (χ1) is 10.4. The molecule has 1 fully saturated rings. The van der Waals surface area contributed by atoms with Crippen molar-refractivity contribution in [3.8, 4) is 0 Å². The van der Waals surface area contributed by atoms with Crippen molar-refractivity contribution in [2.24, 2.45) is 5.41 Å². The molecule has 22 heavy (non-hydrogen) atoms. The summed E-state index contributed by atoms with van der Waals surface area (Å²) in [6.07, 6.45) is -0.703. The zero-order valence-electron chi connectivity index (χ0n) is 12.4. The maximum Gasteiger partial charge on any atom is 0.321 e. The van der Waals surface area contributed by atoms with E-state index >= 15 is 0 Å². The summed E-state index contributed by atoms with van der Waals surface area (Å²) in [6, 6.07) is 6.01. The van der Waals surface area contributed by atoms with Crippen molar-refractivity contribution in [3.05, 3.63) is 35.4 Å². The van der Waals surface area contributed by atoms with Gasteiger partial charge in [-0.25, -0.2) is 0 Å². The van der Waals surface area contributed by atoms with Crippen LogP contribution in [0.2, 0.25) is 0 Å². The van der Waals surface area contributed by atoms with Gasteiger partial charge in [0.15, 0.2) is 5.41 Å². The van der Waals surface area contributed by atoms with Gasteiger partial charge in [0.2, 0.25) is 0 Å². The number of fused-ring (bicyclic) bond motifs is 3. The molecule has 2 aliphatic heterocycles. The van der Waals surface area contributed by atoms with Crippen molar-refractivity contribution in [3.63, 3.8) is 0 Å². The number of amides is 1. The van der Waals surface area contributed by atoms with E-state index in [0.717, 1.165) is 0 Å². The molecule has 0 spiro atoms. The Hall–Kier alpha value is -2.21. The Morgan fingerprint density at radius 2 is 2.05 bits per heavy atom. The molecule has 2 heterocycles. The van der Waals surface area contributed by atoms with E-state index in [1.807, 2.05) is 0 Å². The summed E-state index contributed by atoms with van der Waals surface area (Å²) >= 11 is 0. The molecule has 1 N–H and O–H groups in total. The number of methoxy groups -OCH3 is 1. The predicted octanol–water partition coefficient (Wildman–Crippen LogP) is 1.04. The molecule has 2 aliphatic rings. The number of hydrogen-bond acceptors (Lipinski definition) is 5. The average Bonchev–Trinajstić information content (AvgIpc) is 2.82. The number of nitrogens with zero attached hydrogens (tertiary/aromatic N) is 1. The van der Waals surface area contributed by atoms with Crippen LogP contribution in [0.3, 0.4) is 0 Å². The third-order valence-corrected chi connectivity index (χ3v) is 4.76. The van der Waals surface area contributed by atoms with Crippen molar-refractivity contribution in [2.75, 3.05) is 7.11 Å². The molecule has 3 atom stereocenters. The second kappa shape index (κ2) is 4.91. The van der Waals surface area contributed by atoms with Crippen LogP contribution in [0, 0.1) is 5.41 Å². The van der Waals surface area contributed by atoms with E-state index in [9.17, 15) is 19.5 Å². The van der Waals surface area contributed by atoms with Crippen LogP contribution in [0.15, 0.2) is 24.3 Å². The number of carbonyl (C=O) groups is 3. The summed E-state index contributed by atoms with van der Waals surface area (Å²) in [6.45, 7) is 1.33. The number of hydrogen-bond donors (Lipinski definition) is 1. The highest BCUT2D eigenvalue weighted by Gasteiger charge is 2.61. The van der Waals surface area contributed by atoms with Crippen LogP contribution < -0.4 is 0 Å². The number of ketones is 1. The summed E-state index contributed by atoms with van der Waals surface area (Å²) in [5.74, 6) is -1.38. The third-order valence-electron chi connectivity index (χ3n) is 4.76. The zero-order valence-corrected chi connectivity index (χ0v) is 12.4. The maximum atomic E-state index is 12.6. The van der Waals surface area contributed by atoms with E-state index in [1.54, 1.807) is 24.3 Å². The second-order valence-corrected chi connectivity index (χ2v) is 5.74. The Morgan fingerprint density at radius 3 is 2.68 bits per heavy atom. The van der Waals surface area contributed by atoms with Crippen molar-refractivity contribution >= 4 is 17.7 Å². The minimum Gasteiger partial charge on any atom is -0.468 e. The van der Waals surface area contributed by atoms with Crippen LogP contribution in [-0.4, -0.2) is 41.0 Å². The first kappa shape index (κ1) is 14.7. The lowest BCUT2D eigenvalue weighted by atomic mass is 9.68. The number of aliphatic hydroxyl groups excluding tert-OH is 1. The number of benzene rings is 1. The Bertz CT molecular complexity index is 670. The quantitative estimate of drug-likeness (QED) is 0.652. The van der Waals surface area contributed by atoms with Crippen molar-refractivity contribution < 1.29 is 24.2 Å². The van der Waals surface area contributed by atoms with Gasteiger partial charge in [-0.3, -0.25) is 14.4 Å². The second-order valence-electron chi connectivity index (χ2n) is 5.74. The lowest BCUT2D eigenvalue weighted by Gasteiger charge is -2.45. The van der Waals surface area contributed by atoms with Gasteiger partial charge in [-0.2, -0.15) is 0 Å². The molecule has 6 nitrogen and oxygen atoms in total. The summed E-state index contributed by atoms with van der Waals surface area (Å²) in [5, 5.41) is 10.2. The first-order valence-electron chi connectivity index (χ1n) is 7.14. The van der Waals surface area contributed by atoms with E-state index in [-0.39, 0.29) is 24.5 Å². The maximum absolute atomic E-state index is 12.6. The number of carbonyl (C=O) groups excluding carboxylic acids is 3. The summed E-state index contributed by atoms with van der Waals surface area (Å²) in [4.78, 5) is 38.6. The van der Waals surface area contributed by atoms with Crippen LogP contribution >= 0.6 is 0 Å². The molecule has 1 aromatic carbocycles. The highest BCUT2D eigenvalue weighted by atomic mass is 16.5. The normalized spacial score (nSPS) is 29.8. The number of Topliss-reactive ketones (excluding diaryl/α,β-unsaturated/α-hetero) is 1. The molecule has 1 aromatic rings. The molecule has 3 unspecified atom stereocenters. The Kier molecular flexibility index (Phi) is 3.29. The highest BCUT2D eigenvalue weighted by Crippen LogP contribution is 2.53. The Morgan fingerprint density at radius 1 is 1.36 bits per heavy atom. The summed E-state index contributed by atoms with van der Waals surface area (Å²) in [5.41, 5.74) is -0.453. The zero-order chi connectivity index (χ0) is 16.1. The molecule has 0 radical (unpaired) electrons. The standard InChI is InChI=1S/C16H17NO5/c1-9(18)16(15(21)22-2)8-7-12(19)17-13(16)10-5-3-4-6-11(10)14(17)20/h3-6,12-13,19H,7-8H2,1-2H3. The van der Waals surface area contributed by atoms with E-state index in [0.29, 0.717) is 11.1 Å². The minimum absolute atomic E-state index is 0.152. The number of esters is 1. The van der Waals surface area contributed by atoms with Crippen LogP contribution in [0.1, 0.15) is 41.7 Å². The molecule has 116 valence electrons. The largest absolute Gasteiger partial charge is 0.468 e. The van der Waals surface area contributed by atoms with Gasteiger partial charge < -0.3 is 14.7 Å². The van der Waals surface area contributed by atoms with Gasteiger partial charge in [-0.15, -0.1) is 0 Å². The molecule has 0 aliphatic carbocycles. The van der Waals surface area contributed by atoms with Gasteiger partial charge in [0.25, 0.3) is 5.91 Å². The number of aliphatic hydroxyl groups is 1. The van der Waals surface area contributed by atoms with Crippen LogP contribution in [0.25, 0.3) is 0 Å². The van der Waals surface area contributed by atoms with E-state index in [1.165, 1.54) is 18.9 Å². The fourth-order valence-corrected chi connectivity index (χ4v) is 3.69. The molecule has 0 saturated carbocycles. The van der Waals surface area contributed by atoms with Gasteiger partial charge >= 0.3 is 5.97 Å². The Balaban J connectivity index is 2.25. The van der Waals surface area contributed by atoms with E-state index < -0.39 is 23.7 Å². The van der Waals surface area contributed by atoms with Gasteiger partial charge in [-0.05, 0) is 31.4 Å². The fraction of sp³-hybridized carbons (Fsp3) is 0.438. The van der Waals surface area contributed by atoms with Crippen LogP contribution in [0.5, 0.6) is 0 Å². The monoisotopic (exact) mass is 303 g/mol. The van der Waals surface area contributed by atoms with E-state index in [4.69, 9.17) is 4.74 Å². The topological polar surface area (TPSA) is 83.9 Å². The highest BCUT2D eigenvalue weighted by molar-refractivity contribution is 6.08. The molecule has 3 rings (SSSR count). The fourth-order valence-electron chi connectivity index (χ4n) is 3.69. The van der Waals surface area contributed by atoms with Gasteiger partial charge in [0, 0.05) is 5.56 Å². The number of piperidine rings is 1. The molecule has 6 heteroatoms. The van der Waals surface area contributed by atoms with Crippen LogP contribution in [-0.2, 0) is 14.3 Å². The lowest BCUT2D eigenvalue weighted by Crippen LogP contribution is -2.56. The summed E-state index contributed by atoms with van der Waals surface area (Å²) in [7, 11) is 1.23. The van der Waals surface area contributed by atoms with Gasteiger partial charge in [0.05, 0.1) is 13.2 Å². The SMILES string of the molecule is COC(=O)C1(C(C)=O)CCC(O)N2C(=O)c3ccccc3C21. The lowest BCUT2D eigenvalue weighted by molar-refractivity contribution is -0.172. The third kappa shape index (κ3) is 1.67. The molecule has 0 aromatic heterocycles. The molecule has 1 amide bonds. The summed E-state index contributed by atoms with van der Waals surface area (Å²) < 4.78 is 4.87. The molecular weight excluding hydrogens is 286 g/mol. The van der Waals surface area contributed by atoms with Crippen molar-refractivity contribution in [2.45, 2.75) is 32.0 Å². The predicted molar refractivity (Wildman–Crippen MR) is 75.7 cm³/mol. The number of rotatable bonds is 2. The van der Waals surface area contributed by atoms with Gasteiger partial charge in [-0.1, -0.05) is 18.2 Å². The first-order valence-corrected chi connectivity index (χ1v) is 7.14. The van der Waals surface area contributed by atoms with E-state index in [2.05, 4.69) is 0 Å². The minimum atomic E-state index is -1.46. The van der Waals surface area contributed by atoms with Crippen molar-refractivity contribution in [1.82, 2.24) is 4.90 Å². The smallest absolute Gasteiger partial charge is 0.321 e. The average molecular weight is 303 g/mol. The van der Waals surface area contributed by atoms with Crippen molar-refractivity contribution in [1.29, 1.82) is 0 Å². The molecule has 1 saturated heterocycles. The van der Waals surface area contributed by atoms with Gasteiger partial charge in [0.1, 0.15) is 12.0 Å².